The molecule has 6 heteroatoms. The zero-order chi connectivity index (χ0) is 13.1. The van der Waals surface area contributed by atoms with Gasteiger partial charge in [0.1, 0.15) is 6.04 Å². The fourth-order valence-electron chi connectivity index (χ4n) is 2.05. The Morgan fingerprint density at radius 3 is 2.61 bits per heavy atom. The molecule has 4 nitrogen and oxygen atoms in total. The molecule has 0 aliphatic carbocycles. The second kappa shape index (κ2) is 5.89. The third-order valence-electron chi connectivity index (χ3n) is 2.92. The van der Waals surface area contributed by atoms with Crippen molar-refractivity contribution in [1.29, 1.82) is 0 Å². The molecule has 1 aliphatic rings. The highest BCUT2D eigenvalue weighted by Crippen LogP contribution is 2.33. The van der Waals surface area contributed by atoms with Crippen LogP contribution in [-0.2, 0) is 9.53 Å². The van der Waals surface area contributed by atoms with Gasteiger partial charge in [-0.15, -0.1) is 0 Å². The van der Waals surface area contributed by atoms with E-state index in [-0.39, 0.29) is 0 Å². The molecule has 0 bridgehead atoms. The van der Waals surface area contributed by atoms with E-state index in [0.29, 0.717) is 41.9 Å². The van der Waals surface area contributed by atoms with Gasteiger partial charge in [0, 0.05) is 18.7 Å². The average Bonchev–Trinajstić information content (AvgIpc) is 2.36. The number of nitrogens with zero attached hydrogens (tertiary/aromatic N) is 1. The highest BCUT2D eigenvalue weighted by atomic mass is 35.5. The molecule has 1 aromatic rings. The molecular weight excluding hydrogens is 277 g/mol. The van der Waals surface area contributed by atoms with E-state index in [2.05, 4.69) is 0 Å². The Hall–Kier alpha value is -0.810. The van der Waals surface area contributed by atoms with Gasteiger partial charge in [-0.05, 0) is 6.07 Å². The van der Waals surface area contributed by atoms with E-state index in [1.807, 2.05) is 4.90 Å². The Balaban J connectivity index is 2.34. The number of hydrogen-bond donors (Lipinski definition) is 1. The van der Waals surface area contributed by atoms with Gasteiger partial charge in [0.2, 0.25) is 0 Å². The van der Waals surface area contributed by atoms with E-state index in [1.165, 1.54) is 0 Å². The molecule has 98 valence electrons. The lowest BCUT2D eigenvalue weighted by molar-refractivity contribution is -0.145. The predicted octanol–water partition coefficient (Wildman–Crippen LogP) is 2.45. The van der Waals surface area contributed by atoms with Crippen LogP contribution in [0.1, 0.15) is 11.6 Å². The summed E-state index contributed by atoms with van der Waals surface area (Å²) in [5.41, 5.74) is 0.526. The van der Waals surface area contributed by atoms with Gasteiger partial charge in [0.05, 0.1) is 23.3 Å². The van der Waals surface area contributed by atoms with E-state index in [9.17, 15) is 9.90 Å². The summed E-state index contributed by atoms with van der Waals surface area (Å²) in [6.45, 7) is 2.20. The first-order chi connectivity index (χ1) is 8.61. The molecule has 1 aliphatic heterocycles. The number of aliphatic carboxylic acids is 1. The van der Waals surface area contributed by atoms with Gasteiger partial charge in [-0.3, -0.25) is 9.69 Å². The fourth-order valence-corrected chi connectivity index (χ4v) is 2.46. The maximum Gasteiger partial charge on any atom is 0.325 e. The Labute approximate surface area is 115 Å². The number of halogens is 2. The van der Waals surface area contributed by atoms with Crippen LogP contribution in [0.4, 0.5) is 0 Å². The lowest BCUT2D eigenvalue weighted by Crippen LogP contribution is -2.42. The largest absolute Gasteiger partial charge is 0.480 e. The number of ether oxygens (including phenoxy) is 1. The van der Waals surface area contributed by atoms with Crippen molar-refractivity contribution in [2.45, 2.75) is 6.04 Å². The Morgan fingerprint density at radius 1 is 1.33 bits per heavy atom. The molecule has 0 spiro atoms. The van der Waals surface area contributed by atoms with Crippen molar-refractivity contribution in [3.05, 3.63) is 33.8 Å². The van der Waals surface area contributed by atoms with E-state index >= 15 is 0 Å². The molecule has 1 heterocycles. The quantitative estimate of drug-likeness (QED) is 0.929. The van der Waals surface area contributed by atoms with Gasteiger partial charge in [0.15, 0.2) is 0 Å². The molecule has 1 N–H and O–H groups in total. The summed E-state index contributed by atoms with van der Waals surface area (Å²) in [6.07, 6.45) is 0. The highest BCUT2D eigenvalue weighted by Gasteiger charge is 2.30. The first kappa shape index (κ1) is 13.6. The minimum absolute atomic E-state index is 0.304. The number of carbonyl (C=O) groups is 1. The van der Waals surface area contributed by atoms with Crippen LogP contribution in [0.2, 0.25) is 10.0 Å². The third kappa shape index (κ3) is 2.78. The monoisotopic (exact) mass is 289 g/mol. The van der Waals surface area contributed by atoms with E-state index < -0.39 is 12.0 Å². The minimum Gasteiger partial charge on any atom is -0.480 e. The summed E-state index contributed by atoms with van der Waals surface area (Å²) in [5, 5.41) is 10.1. The Bertz CT molecular complexity index is 447. The molecule has 1 aromatic carbocycles. The van der Waals surface area contributed by atoms with Crippen molar-refractivity contribution in [3.8, 4) is 0 Å². The minimum atomic E-state index is -0.930. The summed E-state index contributed by atoms with van der Waals surface area (Å²) in [4.78, 5) is 13.3. The van der Waals surface area contributed by atoms with E-state index in [1.54, 1.807) is 18.2 Å². The number of morpholine rings is 1. The smallest absolute Gasteiger partial charge is 0.325 e. The van der Waals surface area contributed by atoms with Crippen molar-refractivity contribution < 1.29 is 14.6 Å². The normalized spacial score (nSPS) is 18.6. The topological polar surface area (TPSA) is 49.8 Å². The standard InChI is InChI=1S/C12H13Cl2NO3/c13-9-3-1-2-8(10(9)14)11(12(16)17)15-4-6-18-7-5-15/h1-3,11H,4-7H2,(H,16,17)/t11-/m0/s1. The summed E-state index contributed by atoms with van der Waals surface area (Å²) in [6, 6.07) is 4.27. The van der Waals surface area contributed by atoms with Gasteiger partial charge < -0.3 is 9.84 Å². The van der Waals surface area contributed by atoms with Gasteiger partial charge >= 0.3 is 5.97 Å². The number of carboxylic acid groups (broad SMARTS) is 1. The van der Waals surface area contributed by atoms with Crippen molar-refractivity contribution in [1.82, 2.24) is 4.90 Å². The summed E-state index contributed by atoms with van der Waals surface area (Å²) in [5.74, 6) is -0.930. The molecule has 0 aromatic heterocycles. The van der Waals surface area contributed by atoms with Crippen molar-refractivity contribution >= 4 is 29.2 Å². The van der Waals surface area contributed by atoms with E-state index in [0.717, 1.165) is 0 Å². The van der Waals surface area contributed by atoms with Crippen LogP contribution in [0.5, 0.6) is 0 Å². The first-order valence-corrected chi connectivity index (χ1v) is 6.35. The molecule has 18 heavy (non-hydrogen) atoms. The second-order valence-corrected chi connectivity index (χ2v) is 4.82. The fraction of sp³-hybridized carbons (Fsp3) is 0.417. The number of benzene rings is 1. The van der Waals surface area contributed by atoms with Crippen LogP contribution < -0.4 is 0 Å². The lowest BCUT2D eigenvalue weighted by Gasteiger charge is -2.32. The maximum absolute atomic E-state index is 11.5. The number of carboxylic acids is 1. The van der Waals surface area contributed by atoms with Gasteiger partial charge in [-0.1, -0.05) is 35.3 Å². The molecular formula is C12H13Cl2NO3. The molecule has 1 saturated heterocycles. The lowest BCUT2D eigenvalue weighted by atomic mass is 10.0. The second-order valence-electron chi connectivity index (χ2n) is 4.03. The van der Waals surface area contributed by atoms with Crippen LogP contribution in [0, 0.1) is 0 Å². The maximum atomic E-state index is 11.5. The van der Waals surface area contributed by atoms with Crippen LogP contribution in [0.3, 0.4) is 0 Å². The van der Waals surface area contributed by atoms with Gasteiger partial charge in [-0.25, -0.2) is 0 Å². The summed E-state index contributed by atoms with van der Waals surface area (Å²) >= 11 is 12.0. The third-order valence-corrected chi connectivity index (χ3v) is 3.75. The Morgan fingerprint density at radius 2 is 2.00 bits per heavy atom. The van der Waals surface area contributed by atoms with Crippen LogP contribution in [-0.4, -0.2) is 42.3 Å². The summed E-state index contributed by atoms with van der Waals surface area (Å²) < 4.78 is 5.23. The highest BCUT2D eigenvalue weighted by molar-refractivity contribution is 6.42. The predicted molar refractivity (Wildman–Crippen MR) is 69.2 cm³/mol. The van der Waals surface area contributed by atoms with Crippen molar-refractivity contribution in [2.75, 3.05) is 26.3 Å². The zero-order valence-electron chi connectivity index (χ0n) is 9.60. The number of rotatable bonds is 3. The molecule has 1 fully saturated rings. The Kier molecular flexibility index (Phi) is 4.45. The molecule has 0 amide bonds. The molecule has 2 rings (SSSR count). The number of hydrogen-bond acceptors (Lipinski definition) is 3. The molecule has 0 saturated carbocycles. The summed E-state index contributed by atoms with van der Waals surface area (Å²) in [7, 11) is 0. The molecule has 0 radical (unpaired) electrons. The SMILES string of the molecule is O=C(O)[C@H](c1cccc(Cl)c1Cl)N1CCOCC1. The van der Waals surface area contributed by atoms with Crippen molar-refractivity contribution in [2.24, 2.45) is 0 Å². The average molecular weight is 290 g/mol. The van der Waals surface area contributed by atoms with Gasteiger partial charge in [-0.2, -0.15) is 0 Å². The van der Waals surface area contributed by atoms with Crippen molar-refractivity contribution in [3.63, 3.8) is 0 Å². The van der Waals surface area contributed by atoms with Crippen LogP contribution in [0.25, 0.3) is 0 Å². The van der Waals surface area contributed by atoms with Crippen LogP contribution >= 0.6 is 23.2 Å². The molecule has 1 atom stereocenters. The zero-order valence-corrected chi connectivity index (χ0v) is 11.1. The molecule has 0 unspecified atom stereocenters. The van der Waals surface area contributed by atoms with E-state index in [4.69, 9.17) is 27.9 Å². The first-order valence-electron chi connectivity index (χ1n) is 5.60. The van der Waals surface area contributed by atoms with Crippen LogP contribution in [0.15, 0.2) is 18.2 Å². The van der Waals surface area contributed by atoms with Gasteiger partial charge in [0.25, 0.3) is 0 Å².